The van der Waals surface area contributed by atoms with Crippen molar-refractivity contribution in [3.63, 3.8) is 0 Å². The number of aliphatic hydroxyl groups excluding tert-OH is 1. The Morgan fingerprint density at radius 3 is 2.33 bits per heavy atom. The van der Waals surface area contributed by atoms with Gasteiger partial charge in [-0.05, 0) is 6.92 Å². The number of ether oxygens (including phenoxy) is 1. The van der Waals surface area contributed by atoms with E-state index in [1.165, 1.54) is 0 Å². The van der Waals surface area contributed by atoms with Gasteiger partial charge in [-0.3, -0.25) is 18.0 Å². The van der Waals surface area contributed by atoms with Crippen LogP contribution in [0.1, 0.15) is 13.3 Å². The van der Waals surface area contributed by atoms with Crippen LogP contribution in [-0.4, -0.2) is 34.9 Å². The molecule has 12 nitrogen and oxygen atoms in total. The van der Waals surface area contributed by atoms with E-state index in [0.29, 0.717) is 4.86 Å². The Balaban J connectivity index is 2.56. The fourth-order valence-corrected chi connectivity index (χ4v) is 4.86. The Kier molecular flexibility index (Phi) is 6.31. The fourth-order valence-electron chi connectivity index (χ4n) is 1.58. The highest BCUT2D eigenvalue weighted by Gasteiger charge is 2.33. The molecule has 1 aliphatic rings. The SMILES string of the molecule is C[C@H]1CC(O)[C@@H](COP(=O)([O-])OP(=O)([O-])NP(=O)([O-])O)O1. The summed E-state index contributed by atoms with van der Waals surface area (Å²) in [5.74, 6) is 0. The molecule has 0 aromatic heterocycles. The van der Waals surface area contributed by atoms with E-state index < -0.39 is 42.1 Å². The molecule has 0 aliphatic carbocycles. The molecule has 0 bridgehead atoms. The molecule has 21 heavy (non-hydrogen) atoms. The lowest BCUT2D eigenvalue weighted by Gasteiger charge is -2.34. The van der Waals surface area contributed by atoms with Crippen molar-refractivity contribution in [2.24, 2.45) is 0 Å². The maximum atomic E-state index is 11.2. The molecule has 0 saturated carbocycles. The first-order valence-corrected chi connectivity index (χ1v) is 10.0. The van der Waals surface area contributed by atoms with Gasteiger partial charge in [0.1, 0.15) is 6.10 Å². The topological polar surface area (TPSA) is 201 Å². The molecule has 0 amide bonds. The highest BCUT2D eigenvalue weighted by molar-refractivity contribution is 7.69. The molecule has 0 aromatic rings. The zero-order valence-corrected chi connectivity index (χ0v) is 13.2. The van der Waals surface area contributed by atoms with Gasteiger partial charge in [-0.25, -0.2) is 0 Å². The second-order valence-corrected chi connectivity index (χ2v) is 8.87. The van der Waals surface area contributed by atoms with Crippen molar-refractivity contribution in [2.45, 2.75) is 31.7 Å². The van der Waals surface area contributed by atoms with E-state index in [0.717, 1.165) is 0 Å². The van der Waals surface area contributed by atoms with Crippen LogP contribution >= 0.6 is 23.3 Å². The third-order valence-corrected chi connectivity index (χ3v) is 6.38. The first-order valence-electron chi connectivity index (χ1n) is 5.44. The number of phosphoric acid groups is 1. The van der Waals surface area contributed by atoms with Gasteiger partial charge in [0, 0.05) is 6.42 Å². The van der Waals surface area contributed by atoms with Gasteiger partial charge in [0.05, 0.1) is 18.8 Å². The Morgan fingerprint density at radius 2 is 1.90 bits per heavy atom. The van der Waals surface area contributed by atoms with Crippen molar-refractivity contribution in [1.29, 1.82) is 0 Å². The van der Waals surface area contributed by atoms with Gasteiger partial charge in [-0.15, -0.1) is 0 Å². The number of aliphatic hydroxyl groups is 1. The monoisotopic (exact) mass is 368 g/mol. The van der Waals surface area contributed by atoms with Gasteiger partial charge in [-0.1, -0.05) is 0 Å². The quantitative estimate of drug-likeness (QED) is 0.401. The minimum atomic E-state index is -5.65. The Hall–Kier alpha value is 0.330. The van der Waals surface area contributed by atoms with Crippen molar-refractivity contribution in [3.8, 4) is 0 Å². The lowest BCUT2D eigenvalue weighted by Crippen LogP contribution is -2.28. The highest BCUT2D eigenvalue weighted by atomic mass is 31.3. The molecule has 1 aliphatic heterocycles. The second kappa shape index (κ2) is 6.84. The van der Waals surface area contributed by atoms with E-state index in [2.05, 4.69) is 8.83 Å². The van der Waals surface area contributed by atoms with Crippen molar-refractivity contribution >= 4 is 23.3 Å². The highest BCUT2D eigenvalue weighted by Crippen LogP contribution is 2.56. The average molecular weight is 368 g/mol. The summed E-state index contributed by atoms with van der Waals surface area (Å²) in [7, 11) is -16.6. The maximum absolute atomic E-state index is 11.2. The Labute approximate surface area is 119 Å². The summed E-state index contributed by atoms with van der Waals surface area (Å²) in [5.41, 5.74) is 0. The van der Waals surface area contributed by atoms with Crippen molar-refractivity contribution < 1.29 is 51.9 Å². The van der Waals surface area contributed by atoms with Gasteiger partial charge >= 0.3 is 0 Å². The first-order chi connectivity index (χ1) is 9.30. The van der Waals surface area contributed by atoms with Crippen LogP contribution < -0.4 is 19.5 Å². The molecule has 15 heteroatoms. The molecule has 1 rings (SSSR count). The van der Waals surface area contributed by atoms with Gasteiger partial charge in [-0.2, -0.15) is 4.86 Å². The van der Waals surface area contributed by atoms with Crippen molar-refractivity contribution in [2.75, 3.05) is 6.61 Å². The minimum absolute atomic E-state index is 0.240. The van der Waals surface area contributed by atoms with Crippen LogP contribution in [0.3, 0.4) is 0 Å². The predicted molar refractivity (Wildman–Crippen MR) is 60.2 cm³/mol. The summed E-state index contributed by atoms with van der Waals surface area (Å²) < 4.78 is 45.4. The van der Waals surface area contributed by atoms with E-state index >= 15 is 0 Å². The van der Waals surface area contributed by atoms with Gasteiger partial charge < -0.3 is 33.9 Å². The molecule has 0 radical (unpaired) electrons. The molecule has 4 unspecified atom stereocenters. The number of hydrogen-bond donors (Lipinski definition) is 3. The molecule has 1 saturated heterocycles. The van der Waals surface area contributed by atoms with Gasteiger partial charge in [0.2, 0.25) is 15.5 Å². The summed E-state index contributed by atoms with van der Waals surface area (Å²) in [5, 5.41) is 9.46. The predicted octanol–water partition coefficient (Wildman–Crippen LogP) is -2.45. The van der Waals surface area contributed by atoms with Crippen LogP contribution in [0.25, 0.3) is 0 Å². The van der Waals surface area contributed by atoms with Crippen molar-refractivity contribution in [1.82, 2.24) is 4.86 Å². The standard InChI is InChI=1S/C6H16NO11P3/c1-4-2-5(8)6(17-4)3-16-21(14,15)18-20(12,13)7-19(9,10)11/h4-6,8H,2-3H2,1H3,(H,14,15)(H4,7,9,10,11,12,13)/p-3/t4-,5?,6+/m0/s1. The molecule has 1 heterocycles. The van der Waals surface area contributed by atoms with Crippen LogP contribution in [0.4, 0.5) is 0 Å². The molecular formula is C6H13NO11P3-3. The van der Waals surface area contributed by atoms with E-state index in [1.54, 1.807) is 6.92 Å². The van der Waals surface area contributed by atoms with Crippen LogP contribution in [0.2, 0.25) is 0 Å². The summed E-state index contributed by atoms with van der Waals surface area (Å²) in [6.45, 7) is 0.903. The summed E-state index contributed by atoms with van der Waals surface area (Å²) in [4.78, 5) is 41.4. The van der Waals surface area contributed by atoms with Crippen molar-refractivity contribution in [3.05, 3.63) is 0 Å². The number of phosphoric ester groups is 1. The number of hydrogen-bond acceptors (Lipinski definition) is 10. The largest absolute Gasteiger partial charge is 0.766 e. The summed E-state index contributed by atoms with van der Waals surface area (Å²) >= 11 is 0. The van der Waals surface area contributed by atoms with E-state index in [-0.39, 0.29) is 12.5 Å². The van der Waals surface area contributed by atoms with Crippen LogP contribution in [0.15, 0.2) is 0 Å². The molecular weight excluding hydrogens is 355 g/mol. The molecule has 6 atom stereocenters. The zero-order chi connectivity index (χ0) is 16.5. The van der Waals surface area contributed by atoms with E-state index in [9.17, 15) is 33.5 Å². The molecule has 1 fully saturated rings. The van der Waals surface area contributed by atoms with Crippen LogP contribution in [0, 0.1) is 0 Å². The van der Waals surface area contributed by atoms with Crippen LogP contribution in [0.5, 0.6) is 0 Å². The third kappa shape index (κ3) is 7.43. The number of rotatable bonds is 7. The lowest BCUT2D eigenvalue weighted by molar-refractivity contribution is -0.235. The minimum Gasteiger partial charge on any atom is -0.766 e. The Bertz CT molecular complexity index is 504. The Morgan fingerprint density at radius 1 is 1.33 bits per heavy atom. The van der Waals surface area contributed by atoms with Gasteiger partial charge in [0.15, 0.2) is 0 Å². The van der Waals surface area contributed by atoms with Gasteiger partial charge in [0.25, 0.3) is 7.82 Å². The molecule has 0 spiro atoms. The lowest BCUT2D eigenvalue weighted by atomic mass is 10.1. The number of nitrogens with one attached hydrogen (secondary N) is 1. The fraction of sp³-hybridized carbons (Fsp3) is 1.00. The molecule has 126 valence electrons. The normalized spacial score (nSPS) is 34.9. The summed E-state index contributed by atoms with van der Waals surface area (Å²) in [6.07, 6.45) is -2.11. The first kappa shape index (κ1) is 19.4. The molecule has 0 aromatic carbocycles. The maximum Gasteiger partial charge on any atom is 0.273 e. The third-order valence-electron chi connectivity index (χ3n) is 2.26. The molecule has 3 N–H and O–H groups in total. The average Bonchev–Trinajstić information content (AvgIpc) is 2.48. The summed E-state index contributed by atoms with van der Waals surface area (Å²) in [6, 6.07) is 0. The van der Waals surface area contributed by atoms with E-state index in [1.807, 2.05) is 0 Å². The van der Waals surface area contributed by atoms with E-state index in [4.69, 9.17) is 9.63 Å². The van der Waals surface area contributed by atoms with Crippen LogP contribution in [-0.2, 0) is 27.3 Å². The smallest absolute Gasteiger partial charge is 0.273 e. The second-order valence-electron chi connectivity index (χ2n) is 4.23. The zero-order valence-electron chi connectivity index (χ0n) is 10.6.